The standard InChI is InChI=1S/C22H28N2O4/c1-4-13-24(17(2)21(25)23-19-10-6-5-7-11-19)14-15-28-20-12-8-9-18(16-20)22(26)27-3/h5-12,16-17H,4,13-15H2,1-3H3,(H,23,25). The van der Waals surface area contributed by atoms with Gasteiger partial charge >= 0.3 is 5.97 Å². The highest BCUT2D eigenvalue weighted by Crippen LogP contribution is 2.15. The summed E-state index contributed by atoms with van der Waals surface area (Å²) in [5.74, 6) is 0.150. The lowest BCUT2D eigenvalue weighted by Crippen LogP contribution is -2.44. The van der Waals surface area contributed by atoms with Crippen molar-refractivity contribution < 1.29 is 19.1 Å². The zero-order valence-electron chi connectivity index (χ0n) is 16.7. The van der Waals surface area contributed by atoms with E-state index < -0.39 is 5.97 Å². The summed E-state index contributed by atoms with van der Waals surface area (Å²) in [6, 6.07) is 16.0. The van der Waals surface area contributed by atoms with Crippen LogP contribution in [-0.4, -0.2) is 49.6 Å². The quantitative estimate of drug-likeness (QED) is 0.634. The normalized spacial score (nSPS) is 11.7. The maximum absolute atomic E-state index is 12.6. The lowest BCUT2D eigenvalue weighted by molar-refractivity contribution is -0.120. The molecular weight excluding hydrogens is 356 g/mol. The first-order valence-corrected chi connectivity index (χ1v) is 9.46. The number of para-hydroxylation sites is 1. The molecule has 1 unspecified atom stereocenters. The second-order valence-corrected chi connectivity index (χ2v) is 6.44. The topological polar surface area (TPSA) is 67.9 Å². The van der Waals surface area contributed by atoms with Gasteiger partial charge in [0.1, 0.15) is 12.4 Å². The monoisotopic (exact) mass is 384 g/mol. The smallest absolute Gasteiger partial charge is 0.337 e. The number of nitrogens with zero attached hydrogens (tertiary/aromatic N) is 1. The van der Waals surface area contributed by atoms with Gasteiger partial charge in [0.05, 0.1) is 18.7 Å². The number of amides is 1. The predicted molar refractivity (Wildman–Crippen MR) is 110 cm³/mol. The first-order chi connectivity index (χ1) is 13.5. The number of rotatable bonds is 10. The number of methoxy groups -OCH3 is 1. The fraction of sp³-hybridized carbons (Fsp3) is 0.364. The first-order valence-electron chi connectivity index (χ1n) is 9.46. The second-order valence-electron chi connectivity index (χ2n) is 6.44. The number of nitrogens with one attached hydrogen (secondary N) is 1. The van der Waals surface area contributed by atoms with E-state index in [-0.39, 0.29) is 11.9 Å². The molecule has 0 radical (unpaired) electrons. The van der Waals surface area contributed by atoms with E-state index in [1.165, 1.54) is 7.11 Å². The number of carbonyl (C=O) groups is 2. The molecule has 6 nitrogen and oxygen atoms in total. The molecule has 0 aliphatic heterocycles. The number of hydrogen-bond acceptors (Lipinski definition) is 5. The summed E-state index contributed by atoms with van der Waals surface area (Å²) < 4.78 is 10.5. The van der Waals surface area contributed by atoms with Crippen LogP contribution < -0.4 is 10.1 Å². The van der Waals surface area contributed by atoms with Crippen LogP contribution in [0.5, 0.6) is 5.75 Å². The number of ether oxygens (including phenoxy) is 2. The van der Waals surface area contributed by atoms with Crippen LogP contribution in [0.1, 0.15) is 30.6 Å². The van der Waals surface area contributed by atoms with Crippen LogP contribution in [0.4, 0.5) is 5.69 Å². The Bertz CT molecular complexity index is 764. The van der Waals surface area contributed by atoms with Crippen LogP contribution in [0.25, 0.3) is 0 Å². The van der Waals surface area contributed by atoms with Crippen molar-refractivity contribution in [3.63, 3.8) is 0 Å². The van der Waals surface area contributed by atoms with Crippen molar-refractivity contribution in [2.45, 2.75) is 26.3 Å². The average molecular weight is 384 g/mol. The van der Waals surface area contributed by atoms with Crippen molar-refractivity contribution >= 4 is 17.6 Å². The fourth-order valence-electron chi connectivity index (χ4n) is 2.83. The van der Waals surface area contributed by atoms with E-state index in [9.17, 15) is 9.59 Å². The van der Waals surface area contributed by atoms with Crippen LogP contribution in [0, 0.1) is 0 Å². The summed E-state index contributed by atoms with van der Waals surface area (Å²) in [5, 5.41) is 2.94. The van der Waals surface area contributed by atoms with Gasteiger partial charge in [-0.3, -0.25) is 9.69 Å². The van der Waals surface area contributed by atoms with E-state index in [4.69, 9.17) is 9.47 Å². The van der Waals surface area contributed by atoms with E-state index in [0.29, 0.717) is 24.5 Å². The van der Waals surface area contributed by atoms with Gasteiger partial charge in [0, 0.05) is 12.2 Å². The maximum atomic E-state index is 12.6. The van der Waals surface area contributed by atoms with Crippen LogP contribution >= 0.6 is 0 Å². The van der Waals surface area contributed by atoms with Crippen LogP contribution in [0.3, 0.4) is 0 Å². The van der Waals surface area contributed by atoms with E-state index in [1.807, 2.05) is 37.3 Å². The van der Waals surface area contributed by atoms with Crippen molar-refractivity contribution in [2.75, 3.05) is 32.1 Å². The molecule has 0 aliphatic rings. The Hall–Kier alpha value is -2.86. The Balaban J connectivity index is 1.91. The lowest BCUT2D eigenvalue weighted by Gasteiger charge is -2.27. The highest BCUT2D eigenvalue weighted by atomic mass is 16.5. The van der Waals surface area contributed by atoms with Gasteiger partial charge in [-0.25, -0.2) is 4.79 Å². The summed E-state index contributed by atoms with van der Waals surface area (Å²) >= 11 is 0. The Labute approximate surface area is 166 Å². The molecular formula is C22H28N2O4. The molecule has 0 bridgehead atoms. The zero-order chi connectivity index (χ0) is 20.4. The van der Waals surface area contributed by atoms with Gasteiger partial charge in [0.25, 0.3) is 0 Å². The molecule has 2 aromatic rings. The fourth-order valence-corrected chi connectivity index (χ4v) is 2.83. The molecule has 0 saturated carbocycles. The van der Waals surface area contributed by atoms with Gasteiger partial charge in [0.15, 0.2) is 0 Å². The molecule has 2 aromatic carbocycles. The molecule has 6 heteroatoms. The van der Waals surface area contributed by atoms with Gasteiger partial charge in [-0.15, -0.1) is 0 Å². The molecule has 1 N–H and O–H groups in total. The number of esters is 1. The van der Waals surface area contributed by atoms with Gasteiger partial charge in [0.2, 0.25) is 5.91 Å². The third-order valence-electron chi connectivity index (χ3n) is 4.38. The number of hydrogen-bond donors (Lipinski definition) is 1. The number of benzene rings is 2. The molecule has 1 atom stereocenters. The maximum Gasteiger partial charge on any atom is 0.337 e. The minimum Gasteiger partial charge on any atom is -0.492 e. The predicted octanol–water partition coefficient (Wildman–Crippen LogP) is 3.59. The highest BCUT2D eigenvalue weighted by Gasteiger charge is 2.20. The van der Waals surface area contributed by atoms with Gasteiger partial charge < -0.3 is 14.8 Å². The van der Waals surface area contributed by atoms with Gasteiger partial charge in [-0.1, -0.05) is 31.2 Å². The molecule has 0 fully saturated rings. The Kier molecular flexibility index (Phi) is 8.49. The third kappa shape index (κ3) is 6.39. The minimum atomic E-state index is -0.399. The SMILES string of the molecule is CCCN(CCOc1cccc(C(=O)OC)c1)C(C)C(=O)Nc1ccccc1. The van der Waals surface area contributed by atoms with Gasteiger partial charge in [-0.2, -0.15) is 0 Å². The van der Waals surface area contributed by atoms with Crippen LogP contribution in [0.2, 0.25) is 0 Å². The summed E-state index contributed by atoms with van der Waals surface area (Å²) in [7, 11) is 1.35. The summed E-state index contributed by atoms with van der Waals surface area (Å²) in [4.78, 5) is 26.3. The Morgan fingerprint density at radius 2 is 1.82 bits per heavy atom. The second kappa shape index (κ2) is 11.1. The molecule has 0 saturated heterocycles. The van der Waals surface area contributed by atoms with Gasteiger partial charge in [-0.05, 0) is 50.2 Å². The van der Waals surface area contributed by atoms with Crippen molar-refractivity contribution in [3.05, 3.63) is 60.2 Å². The molecule has 28 heavy (non-hydrogen) atoms. The van der Waals surface area contributed by atoms with Crippen LogP contribution in [-0.2, 0) is 9.53 Å². The summed E-state index contributed by atoms with van der Waals surface area (Å²) in [6.45, 7) is 5.77. The summed E-state index contributed by atoms with van der Waals surface area (Å²) in [6.07, 6.45) is 0.931. The van der Waals surface area contributed by atoms with E-state index in [1.54, 1.807) is 24.3 Å². The lowest BCUT2D eigenvalue weighted by atomic mass is 10.2. The van der Waals surface area contributed by atoms with E-state index in [2.05, 4.69) is 17.1 Å². The van der Waals surface area contributed by atoms with Crippen LogP contribution in [0.15, 0.2) is 54.6 Å². The molecule has 1 amide bonds. The van der Waals surface area contributed by atoms with Crippen molar-refractivity contribution in [1.29, 1.82) is 0 Å². The zero-order valence-corrected chi connectivity index (χ0v) is 16.7. The van der Waals surface area contributed by atoms with Crippen molar-refractivity contribution in [2.24, 2.45) is 0 Å². The Morgan fingerprint density at radius 3 is 2.50 bits per heavy atom. The number of carbonyl (C=O) groups excluding carboxylic acids is 2. The Morgan fingerprint density at radius 1 is 1.07 bits per heavy atom. The molecule has 0 heterocycles. The molecule has 150 valence electrons. The molecule has 0 spiro atoms. The van der Waals surface area contributed by atoms with Crippen molar-refractivity contribution in [1.82, 2.24) is 4.90 Å². The number of anilines is 1. The highest BCUT2D eigenvalue weighted by molar-refractivity contribution is 5.94. The molecule has 2 rings (SSSR count). The average Bonchev–Trinajstić information content (AvgIpc) is 2.73. The third-order valence-corrected chi connectivity index (χ3v) is 4.38. The summed E-state index contributed by atoms with van der Waals surface area (Å²) in [5.41, 5.74) is 1.23. The first kappa shape index (κ1) is 21.4. The largest absolute Gasteiger partial charge is 0.492 e. The molecule has 0 aromatic heterocycles. The molecule has 0 aliphatic carbocycles. The van der Waals surface area contributed by atoms with E-state index in [0.717, 1.165) is 18.7 Å². The van der Waals surface area contributed by atoms with E-state index >= 15 is 0 Å². The minimum absolute atomic E-state index is 0.0488. The van der Waals surface area contributed by atoms with Crippen molar-refractivity contribution in [3.8, 4) is 5.75 Å².